The van der Waals surface area contributed by atoms with Crippen LogP contribution in [-0.4, -0.2) is 23.3 Å². The normalized spacial score (nSPS) is 16.4. The largest absolute Gasteiger partial charge is 0.490 e. The predicted octanol–water partition coefficient (Wildman–Crippen LogP) is 0.996. The number of aryl methyl sites for hydroxylation is 1. The van der Waals surface area contributed by atoms with Gasteiger partial charge in [-0.15, -0.1) is 0 Å². The van der Waals surface area contributed by atoms with Gasteiger partial charge in [0.25, 0.3) is 0 Å². The van der Waals surface area contributed by atoms with Gasteiger partial charge in [0.15, 0.2) is 0 Å². The van der Waals surface area contributed by atoms with Crippen LogP contribution in [0.1, 0.15) is 31.2 Å². The van der Waals surface area contributed by atoms with E-state index in [-0.39, 0.29) is 0 Å². The molecule has 3 nitrogen and oxygen atoms in total. The second kappa shape index (κ2) is 4.89. The van der Waals surface area contributed by atoms with Gasteiger partial charge in [-0.2, -0.15) is 0 Å². The number of ether oxygens (including phenoxy) is 1. The van der Waals surface area contributed by atoms with E-state index in [2.05, 4.69) is 0 Å². The maximum atomic E-state index is 9.04. The van der Waals surface area contributed by atoms with Crippen LogP contribution in [0.5, 0.6) is 5.75 Å². The summed E-state index contributed by atoms with van der Waals surface area (Å²) in [5.74, 6) is 0.858. The molecule has 0 aromatic heterocycles. The van der Waals surface area contributed by atoms with Gasteiger partial charge in [-0.05, 0) is 49.7 Å². The minimum absolute atomic E-state index is 0.337. The van der Waals surface area contributed by atoms with Crippen molar-refractivity contribution >= 4 is 12.6 Å². The summed E-state index contributed by atoms with van der Waals surface area (Å²) in [6.45, 7) is 1.93. The van der Waals surface area contributed by atoms with Crippen LogP contribution in [0, 0.1) is 6.92 Å². The van der Waals surface area contributed by atoms with Crippen LogP contribution >= 0.6 is 0 Å². The summed E-state index contributed by atoms with van der Waals surface area (Å²) in [4.78, 5) is 0. The molecular formula is C12H17BO3. The molecule has 0 spiro atoms. The molecule has 0 aliphatic heterocycles. The van der Waals surface area contributed by atoms with Crippen LogP contribution in [-0.2, 0) is 0 Å². The number of hydrogen-bond donors (Lipinski definition) is 2. The molecule has 1 fully saturated rings. The zero-order chi connectivity index (χ0) is 11.5. The van der Waals surface area contributed by atoms with Crippen molar-refractivity contribution in [1.29, 1.82) is 0 Å². The van der Waals surface area contributed by atoms with Gasteiger partial charge in [-0.1, -0.05) is 12.1 Å². The number of hydrogen-bond acceptors (Lipinski definition) is 3. The molecule has 1 aliphatic rings. The van der Waals surface area contributed by atoms with Crippen LogP contribution in [0.15, 0.2) is 18.2 Å². The molecule has 1 saturated carbocycles. The van der Waals surface area contributed by atoms with E-state index < -0.39 is 7.12 Å². The SMILES string of the molecule is Cc1cc(B(O)O)ccc1OC1CCCC1. The Hall–Kier alpha value is -0.995. The van der Waals surface area contributed by atoms with E-state index in [1.165, 1.54) is 12.8 Å². The molecule has 1 aromatic carbocycles. The Balaban J connectivity index is 2.09. The van der Waals surface area contributed by atoms with E-state index in [1.807, 2.05) is 13.0 Å². The summed E-state index contributed by atoms with van der Waals surface area (Å²) in [5, 5.41) is 18.1. The Morgan fingerprint density at radius 2 is 1.94 bits per heavy atom. The molecule has 0 saturated heterocycles. The van der Waals surface area contributed by atoms with Gasteiger partial charge in [0.1, 0.15) is 5.75 Å². The fourth-order valence-corrected chi connectivity index (χ4v) is 2.15. The van der Waals surface area contributed by atoms with E-state index >= 15 is 0 Å². The fraction of sp³-hybridized carbons (Fsp3) is 0.500. The molecule has 16 heavy (non-hydrogen) atoms. The van der Waals surface area contributed by atoms with Crippen LogP contribution < -0.4 is 10.2 Å². The predicted molar refractivity (Wildman–Crippen MR) is 63.9 cm³/mol. The summed E-state index contributed by atoms with van der Waals surface area (Å²) in [7, 11) is -1.40. The second-order valence-electron chi connectivity index (χ2n) is 4.42. The summed E-state index contributed by atoms with van der Waals surface area (Å²) in [6, 6.07) is 5.28. The van der Waals surface area contributed by atoms with Crippen LogP contribution in [0.2, 0.25) is 0 Å². The van der Waals surface area contributed by atoms with E-state index in [4.69, 9.17) is 14.8 Å². The zero-order valence-electron chi connectivity index (χ0n) is 9.52. The monoisotopic (exact) mass is 220 g/mol. The Kier molecular flexibility index (Phi) is 3.51. The molecule has 0 radical (unpaired) electrons. The number of rotatable bonds is 3. The van der Waals surface area contributed by atoms with Crippen molar-refractivity contribution in [3.05, 3.63) is 23.8 Å². The molecule has 2 N–H and O–H groups in total. The van der Waals surface area contributed by atoms with Gasteiger partial charge in [-0.3, -0.25) is 0 Å². The highest BCUT2D eigenvalue weighted by atomic mass is 16.5. The van der Waals surface area contributed by atoms with E-state index in [1.54, 1.807) is 12.1 Å². The van der Waals surface area contributed by atoms with E-state index in [0.29, 0.717) is 11.6 Å². The highest BCUT2D eigenvalue weighted by molar-refractivity contribution is 6.58. The summed E-state index contributed by atoms with van der Waals surface area (Å²) >= 11 is 0. The third-order valence-corrected chi connectivity index (χ3v) is 3.09. The maximum Gasteiger partial charge on any atom is 0.488 e. The summed E-state index contributed by atoms with van der Waals surface area (Å²) < 4.78 is 5.88. The molecule has 86 valence electrons. The van der Waals surface area contributed by atoms with Crippen molar-refractivity contribution in [2.75, 3.05) is 0 Å². The average molecular weight is 220 g/mol. The topological polar surface area (TPSA) is 49.7 Å². The van der Waals surface area contributed by atoms with Crippen molar-refractivity contribution in [2.45, 2.75) is 38.7 Å². The standard InChI is InChI=1S/C12H17BO3/c1-9-8-10(13(14)15)6-7-12(9)16-11-4-2-3-5-11/h6-8,11,14-15H,2-5H2,1H3. The molecule has 0 bridgehead atoms. The highest BCUT2D eigenvalue weighted by Crippen LogP contribution is 2.25. The Morgan fingerprint density at radius 1 is 1.25 bits per heavy atom. The zero-order valence-corrected chi connectivity index (χ0v) is 9.52. The smallest absolute Gasteiger partial charge is 0.488 e. The molecule has 2 rings (SSSR count). The molecule has 0 heterocycles. The summed E-state index contributed by atoms with van der Waals surface area (Å²) in [5.41, 5.74) is 1.47. The lowest BCUT2D eigenvalue weighted by atomic mass is 9.79. The lowest BCUT2D eigenvalue weighted by Crippen LogP contribution is -2.30. The second-order valence-corrected chi connectivity index (χ2v) is 4.42. The molecule has 0 unspecified atom stereocenters. The molecule has 0 atom stereocenters. The first-order valence-electron chi connectivity index (χ1n) is 5.80. The first-order chi connectivity index (χ1) is 7.66. The number of benzene rings is 1. The summed E-state index contributed by atoms with van der Waals surface area (Å²) in [6.07, 6.45) is 5.09. The minimum atomic E-state index is -1.40. The van der Waals surface area contributed by atoms with Crippen molar-refractivity contribution in [1.82, 2.24) is 0 Å². The Bertz CT molecular complexity index is 359. The first-order valence-corrected chi connectivity index (χ1v) is 5.80. The third-order valence-electron chi connectivity index (χ3n) is 3.09. The van der Waals surface area contributed by atoms with Crippen molar-refractivity contribution in [3.63, 3.8) is 0 Å². The van der Waals surface area contributed by atoms with Gasteiger partial charge in [0.05, 0.1) is 6.10 Å². The fourth-order valence-electron chi connectivity index (χ4n) is 2.15. The van der Waals surface area contributed by atoms with Crippen LogP contribution in [0.25, 0.3) is 0 Å². The van der Waals surface area contributed by atoms with Crippen molar-refractivity contribution in [2.24, 2.45) is 0 Å². The van der Waals surface area contributed by atoms with Crippen molar-refractivity contribution in [3.8, 4) is 5.75 Å². The minimum Gasteiger partial charge on any atom is -0.490 e. The maximum absolute atomic E-state index is 9.04. The first kappa shape index (κ1) is 11.5. The van der Waals surface area contributed by atoms with E-state index in [0.717, 1.165) is 24.2 Å². The molecule has 0 amide bonds. The highest BCUT2D eigenvalue weighted by Gasteiger charge is 2.18. The Morgan fingerprint density at radius 3 is 2.50 bits per heavy atom. The molecule has 4 heteroatoms. The lowest BCUT2D eigenvalue weighted by molar-refractivity contribution is 0.208. The van der Waals surface area contributed by atoms with Gasteiger partial charge in [0.2, 0.25) is 0 Å². The lowest BCUT2D eigenvalue weighted by Gasteiger charge is -2.15. The molecular weight excluding hydrogens is 203 g/mol. The van der Waals surface area contributed by atoms with Crippen molar-refractivity contribution < 1.29 is 14.8 Å². The van der Waals surface area contributed by atoms with Gasteiger partial charge < -0.3 is 14.8 Å². The molecule has 1 aromatic rings. The Labute approximate surface area is 96.2 Å². The molecule has 1 aliphatic carbocycles. The van der Waals surface area contributed by atoms with Crippen LogP contribution in [0.3, 0.4) is 0 Å². The third kappa shape index (κ3) is 2.57. The van der Waals surface area contributed by atoms with Gasteiger partial charge >= 0.3 is 7.12 Å². The van der Waals surface area contributed by atoms with E-state index in [9.17, 15) is 0 Å². The van der Waals surface area contributed by atoms with Gasteiger partial charge in [-0.25, -0.2) is 0 Å². The van der Waals surface area contributed by atoms with Crippen LogP contribution in [0.4, 0.5) is 0 Å². The average Bonchev–Trinajstić information content (AvgIpc) is 2.73. The van der Waals surface area contributed by atoms with Gasteiger partial charge in [0, 0.05) is 0 Å². The quantitative estimate of drug-likeness (QED) is 0.747.